The highest BCUT2D eigenvalue weighted by molar-refractivity contribution is 6.01. The smallest absolute Gasteiger partial charge is 0.348 e. The molecule has 0 aliphatic carbocycles. The van der Waals surface area contributed by atoms with Gasteiger partial charge in [-0.2, -0.15) is 0 Å². The first-order valence-corrected chi connectivity index (χ1v) is 7.11. The van der Waals surface area contributed by atoms with Gasteiger partial charge in [-0.05, 0) is 30.7 Å². The van der Waals surface area contributed by atoms with Crippen molar-refractivity contribution in [3.8, 4) is 5.75 Å². The molecule has 114 valence electrons. The van der Waals surface area contributed by atoms with Gasteiger partial charge in [-0.15, -0.1) is 0 Å². The summed E-state index contributed by atoms with van der Waals surface area (Å²) in [5.74, 6) is -0.413. The van der Waals surface area contributed by atoms with E-state index in [1.165, 1.54) is 13.0 Å². The van der Waals surface area contributed by atoms with Gasteiger partial charge in [0.05, 0.1) is 5.39 Å². The number of hydrogen-bond donors (Lipinski definition) is 1. The van der Waals surface area contributed by atoms with Gasteiger partial charge in [-0.25, -0.2) is 4.79 Å². The maximum atomic E-state index is 12.4. The molecular formula is C19H14O4. The van der Waals surface area contributed by atoms with Gasteiger partial charge in [0.15, 0.2) is 5.78 Å². The van der Waals surface area contributed by atoms with E-state index in [-0.39, 0.29) is 17.1 Å². The normalized spacial score (nSPS) is 11.6. The Labute approximate surface area is 132 Å². The van der Waals surface area contributed by atoms with Crippen molar-refractivity contribution in [1.82, 2.24) is 0 Å². The van der Waals surface area contributed by atoms with E-state index in [9.17, 15) is 14.7 Å². The molecule has 1 N–H and O–H groups in total. The molecule has 4 heteroatoms. The number of para-hydroxylation sites is 1. The molecule has 0 atom stereocenters. The van der Waals surface area contributed by atoms with Gasteiger partial charge in [-0.3, -0.25) is 4.79 Å². The van der Waals surface area contributed by atoms with Crippen molar-refractivity contribution in [2.45, 2.75) is 6.92 Å². The van der Waals surface area contributed by atoms with Crippen LogP contribution in [0.5, 0.6) is 5.75 Å². The molecular weight excluding hydrogens is 292 g/mol. The summed E-state index contributed by atoms with van der Waals surface area (Å²) in [4.78, 5) is 24.0. The lowest BCUT2D eigenvalue weighted by atomic mass is 9.96. The number of ketones is 1. The van der Waals surface area contributed by atoms with E-state index in [4.69, 9.17) is 4.42 Å². The van der Waals surface area contributed by atoms with Gasteiger partial charge in [0.25, 0.3) is 0 Å². The van der Waals surface area contributed by atoms with E-state index in [0.29, 0.717) is 22.1 Å². The molecule has 0 radical (unpaired) electrons. The fraction of sp³-hybridized carbons (Fsp3) is 0.0526. The standard InChI is InChI=1S/C19H14O4/c1-12(20)11-15(13-7-3-2-4-8-13)17-18(21)14-9-5-6-10-16(14)23-19(17)22/h2-11,21H,1H3/b15-11-. The minimum atomic E-state index is -0.683. The molecule has 2 aromatic carbocycles. The van der Waals surface area contributed by atoms with E-state index in [2.05, 4.69) is 0 Å². The van der Waals surface area contributed by atoms with E-state index in [1.807, 2.05) is 6.07 Å². The summed E-state index contributed by atoms with van der Waals surface area (Å²) < 4.78 is 5.29. The second-order valence-corrected chi connectivity index (χ2v) is 5.14. The van der Waals surface area contributed by atoms with Gasteiger partial charge in [0.2, 0.25) is 0 Å². The third kappa shape index (κ3) is 2.79. The maximum absolute atomic E-state index is 12.4. The van der Waals surface area contributed by atoms with Crippen LogP contribution in [0.3, 0.4) is 0 Å². The number of allylic oxidation sites excluding steroid dienone is 1. The SMILES string of the molecule is CC(=O)/C=C(/c1ccccc1)c1c(O)c2ccccc2oc1=O. The Kier molecular flexibility index (Phi) is 3.81. The molecule has 0 spiro atoms. The number of carbonyl (C=O) groups excluding carboxylic acids is 1. The Balaban J connectivity index is 2.36. The summed E-state index contributed by atoms with van der Waals surface area (Å²) in [6.45, 7) is 1.39. The van der Waals surface area contributed by atoms with Crippen LogP contribution in [0.4, 0.5) is 0 Å². The monoisotopic (exact) mass is 306 g/mol. The summed E-state index contributed by atoms with van der Waals surface area (Å²) in [5.41, 5.74) is 0.604. The fourth-order valence-electron chi connectivity index (χ4n) is 2.49. The first kappa shape index (κ1) is 14.8. The Morgan fingerprint density at radius 1 is 1.04 bits per heavy atom. The molecule has 0 fully saturated rings. The molecule has 4 nitrogen and oxygen atoms in total. The van der Waals surface area contributed by atoms with Crippen LogP contribution < -0.4 is 5.63 Å². The number of rotatable bonds is 3. The molecule has 0 aliphatic heterocycles. The second kappa shape index (κ2) is 5.93. The van der Waals surface area contributed by atoms with Gasteiger partial charge < -0.3 is 9.52 Å². The maximum Gasteiger partial charge on any atom is 0.348 e. The third-order valence-corrected chi connectivity index (χ3v) is 3.49. The number of benzene rings is 2. The van der Waals surface area contributed by atoms with E-state index < -0.39 is 5.63 Å². The molecule has 0 unspecified atom stereocenters. The van der Waals surface area contributed by atoms with Gasteiger partial charge in [-0.1, -0.05) is 42.5 Å². The molecule has 23 heavy (non-hydrogen) atoms. The van der Waals surface area contributed by atoms with E-state index in [1.54, 1.807) is 48.5 Å². The van der Waals surface area contributed by atoms with Crippen LogP contribution >= 0.6 is 0 Å². The van der Waals surface area contributed by atoms with Crippen LogP contribution in [0.25, 0.3) is 16.5 Å². The highest BCUT2D eigenvalue weighted by Crippen LogP contribution is 2.33. The summed E-state index contributed by atoms with van der Waals surface area (Å²) in [7, 11) is 0. The summed E-state index contributed by atoms with van der Waals surface area (Å²) in [5, 5.41) is 11.0. The van der Waals surface area contributed by atoms with Crippen molar-refractivity contribution in [3.05, 3.63) is 82.2 Å². The molecule has 0 aliphatic rings. The highest BCUT2D eigenvalue weighted by Gasteiger charge is 2.19. The number of hydrogen-bond acceptors (Lipinski definition) is 4. The van der Waals surface area contributed by atoms with E-state index >= 15 is 0 Å². The first-order chi connectivity index (χ1) is 11.1. The Bertz CT molecular complexity index is 966. The van der Waals surface area contributed by atoms with Gasteiger partial charge >= 0.3 is 5.63 Å². The molecule has 0 amide bonds. The first-order valence-electron chi connectivity index (χ1n) is 7.11. The largest absolute Gasteiger partial charge is 0.506 e. The molecule has 1 heterocycles. The zero-order valence-corrected chi connectivity index (χ0v) is 12.4. The van der Waals surface area contributed by atoms with Crippen LogP contribution in [0.1, 0.15) is 18.1 Å². The molecule has 3 aromatic rings. The predicted octanol–water partition coefficient (Wildman–Crippen LogP) is 3.52. The number of fused-ring (bicyclic) bond motifs is 1. The van der Waals surface area contributed by atoms with Crippen molar-refractivity contribution in [2.24, 2.45) is 0 Å². The quantitative estimate of drug-likeness (QED) is 0.594. The fourth-order valence-corrected chi connectivity index (χ4v) is 2.49. The molecule has 1 aromatic heterocycles. The van der Waals surface area contributed by atoms with E-state index in [0.717, 1.165) is 0 Å². The Morgan fingerprint density at radius 2 is 1.70 bits per heavy atom. The minimum absolute atomic E-state index is 0.00917. The average Bonchev–Trinajstić information content (AvgIpc) is 2.54. The lowest BCUT2D eigenvalue weighted by molar-refractivity contribution is -0.112. The van der Waals surface area contributed by atoms with Crippen LogP contribution in [0.2, 0.25) is 0 Å². The van der Waals surface area contributed by atoms with Crippen LogP contribution in [-0.2, 0) is 4.79 Å². The zero-order valence-electron chi connectivity index (χ0n) is 12.4. The molecule has 3 rings (SSSR count). The molecule has 0 saturated heterocycles. The molecule has 0 saturated carbocycles. The van der Waals surface area contributed by atoms with Crippen molar-refractivity contribution in [1.29, 1.82) is 0 Å². The third-order valence-electron chi connectivity index (χ3n) is 3.49. The summed E-state index contributed by atoms with van der Waals surface area (Å²) in [6.07, 6.45) is 1.33. The topological polar surface area (TPSA) is 67.5 Å². The summed E-state index contributed by atoms with van der Waals surface area (Å²) >= 11 is 0. The zero-order chi connectivity index (χ0) is 16.4. The Hall–Kier alpha value is -3.14. The van der Waals surface area contributed by atoms with Crippen LogP contribution in [0, 0.1) is 0 Å². The van der Waals surface area contributed by atoms with Gasteiger partial charge in [0, 0.05) is 5.57 Å². The van der Waals surface area contributed by atoms with Crippen LogP contribution in [-0.4, -0.2) is 10.9 Å². The average molecular weight is 306 g/mol. The van der Waals surface area contributed by atoms with Crippen molar-refractivity contribution in [2.75, 3.05) is 0 Å². The lowest BCUT2D eigenvalue weighted by Crippen LogP contribution is -2.09. The van der Waals surface area contributed by atoms with Gasteiger partial charge in [0.1, 0.15) is 16.9 Å². The lowest BCUT2D eigenvalue weighted by Gasteiger charge is -2.10. The van der Waals surface area contributed by atoms with Crippen molar-refractivity contribution in [3.63, 3.8) is 0 Å². The minimum Gasteiger partial charge on any atom is -0.506 e. The molecule has 0 bridgehead atoms. The number of aromatic hydroxyl groups is 1. The number of carbonyl (C=O) groups is 1. The predicted molar refractivity (Wildman–Crippen MR) is 88.4 cm³/mol. The van der Waals surface area contributed by atoms with Crippen molar-refractivity contribution >= 4 is 22.3 Å². The Morgan fingerprint density at radius 3 is 2.39 bits per heavy atom. The van der Waals surface area contributed by atoms with Crippen LogP contribution in [0.15, 0.2) is 69.9 Å². The highest BCUT2D eigenvalue weighted by atomic mass is 16.4. The second-order valence-electron chi connectivity index (χ2n) is 5.14. The summed E-state index contributed by atoms with van der Waals surface area (Å²) in [6, 6.07) is 15.7. The van der Waals surface area contributed by atoms with Crippen molar-refractivity contribution < 1.29 is 14.3 Å².